The predicted molar refractivity (Wildman–Crippen MR) is 104 cm³/mol. The number of sulfonamides is 1. The van der Waals surface area contributed by atoms with E-state index in [0.717, 1.165) is 5.56 Å². The van der Waals surface area contributed by atoms with Crippen LogP contribution in [0.3, 0.4) is 0 Å². The molecule has 0 radical (unpaired) electrons. The van der Waals surface area contributed by atoms with E-state index in [2.05, 4.69) is 10.0 Å². The molecular formula is C19H22ClFN2O3S. The van der Waals surface area contributed by atoms with Gasteiger partial charge in [-0.25, -0.2) is 12.8 Å². The molecule has 0 spiro atoms. The van der Waals surface area contributed by atoms with Crippen LogP contribution >= 0.6 is 11.6 Å². The zero-order chi connectivity index (χ0) is 20.0. The van der Waals surface area contributed by atoms with Crippen molar-refractivity contribution < 1.29 is 17.6 Å². The van der Waals surface area contributed by atoms with Gasteiger partial charge in [-0.2, -0.15) is 4.72 Å². The van der Waals surface area contributed by atoms with Crippen LogP contribution in [0.4, 0.5) is 4.39 Å². The summed E-state index contributed by atoms with van der Waals surface area (Å²) in [6.07, 6.45) is 0.515. The fourth-order valence-corrected chi connectivity index (χ4v) is 3.90. The van der Waals surface area contributed by atoms with Gasteiger partial charge in [0, 0.05) is 11.6 Å². The van der Waals surface area contributed by atoms with Crippen molar-refractivity contribution in [3.63, 3.8) is 0 Å². The van der Waals surface area contributed by atoms with Crippen LogP contribution in [0.2, 0.25) is 5.02 Å². The highest BCUT2D eigenvalue weighted by molar-refractivity contribution is 7.89. The summed E-state index contributed by atoms with van der Waals surface area (Å²) in [5.74, 6) is -0.984. The normalized spacial score (nSPS) is 12.8. The van der Waals surface area contributed by atoms with Crippen LogP contribution in [-0.4, -0.2) is 26.9 Å². The highest BCUT2D eigenvalue weighted by Gasteiger charge is 2.28. The van der Waals surface area contributed by atoms with Gasteiger partial charge in [-0.15, -0.1) is 0 Å². The molecule has 0 aliphatic rings. The van der Waals surface area contributed by atoms with Crippen molar-refractivity contribution >= 4 is 27.5 Å². The van der Waals surface area contributed by atoms with Crippen molar-refractivity contribution in [3.8, 4) is 0 Å². The molecule has 2 rings (SSSR count). The van der Waals surface area contributed by atoms with Gasteiger partial charge in [0.2, 0.25) is 15.9 Å². The highest BCUT2D eigenvalue weighted by Crippen LogP contribution is 2.15. The number of hydrogen-bond acceptors (Lipinski definition) is 3. The Balaban J connectivity index is 1.99. The summed E-state index contributed by atoms with van der Waals surface area (Å²) < 4.78 is 40.4. The lowest BCUT2D eigenvalue weighted by molar-refractivity contribution is -0.123. The van der Waals surface area contributed by atoms with Crippen molar-refractivity contribution in [2.24, 2.45) is 5.92 Å². The van der Waals surface area contributed by atoms with Gasteiger partial charge in [0.1, 0.15) is 11.9 Å². The van der Waals surface area contributed by atoms with Gasteiger partial charge in [0.25, 0.3) is 0 Å². The third kappa shape index (κ3) is 6.30. The van der Waals surface area contributed by atoms with E-state index in [9.17, 15) is 17.6 Å². The fourth-order valence-electron chi connectivity index (χ4n) is 2.43. The number of halogens is 2. The number of benzene rings is 2. The summed E-state index contributed by atoms with van der Waals surface area (Å²) in [5, 5.41) is 3.15. The zero-order valence-electron chi connectivity index (χ0n) is 15.1. The molecule has 0 bridgehead atoms. The third-order valence-corrected chi connectivity index (χ3v) is 5.69. The van der Waals surface area contributed by atoms with Crippen LogP contribution in [0.1, 0.15) is 19.4 Å². The first kappa shape index (κ1) is 21.3. The lowest BCUT2D eigenvalue weighted by Crippen LogP contribution is -2.49. The van der Waals surface area contributed by atoms with E-state index < -0.39 is 22.0 Å². The molecule has 0 heterocycles. The van der Waals surface area contributed by atoms with E-state index in [4.69, 9.17) is 11.6 Å². The van der Waals surface area contributed by atoms with Gasteiger partial charge in [-0.05, 0) is 54.3 Å². The molecule has 0 unspecified atom stereocenters. The van der Waals surface area contributed by atoms with Gasteiger partial charge < -0.3 is 5.32 Å². The summed E-state index contributed by atoms with van der Waals surface area (Å²) in [7, 11) is -3.86. The second-order valence-corrected chi connectivity index (χ2v) is 8.61. The molecule has 2 aromatic carbocycles. The molecule has 0 saturated heterocycles. The summed E-state index contributed by atoms with van der Waals surface area (Å²) in [6, 6.07) is 10.8. The van der Waals surface area contributed by atoms with E-state index in [-0.39, 0.29) is 16.6 Å². The van der Waals surface area contributed by atoms with Crippen LogP contribution in [0.25, 0.3) is 0 Å². The monoisotopic (exact) mass is 412 g/mol. The van der Waals surface area contributed by atoms with E-state index >= 15 is 0 Å². The number of carbonyl (C=O) groups is 1. The van der Waals surface area contributed by atoms with Crippen molar-refractivity contribution in [2.45, 2.75) is 31.2 Å². The molecule has 1 atom stereocenters. The minimum atomic E-state index is -3.86. The molecule has 0 fully saturated rings. The standard InChI is InChI=1S/C19H22ClFN2O3S/c1-13(2)18(23-27(25,26)17-9-5-15(20)6-10-17)19(24)22-12-11-14-3-7-16(21)8-4-14/h3-10,13,18,23H,11-12H2,1-2H3,(H,22,24)/t18-/m0/s1. The first-order valence-corrected chi connectivity index (χ1v) is 10.4. The molecule has 2 aromatic rings. The Labute approximate surface area is 164 Å². The molecule has 146 valence electrons. The predicted octanol–water partition coefficient (Wildman–Crippen LogP) is 3.14. The largest absolute Gasteiger partial charge is 0.354 e. The van der Waals surface area contributed by atoms with Crippen molar-refractivity contribution in [3.05, 3.63) is 64.9 Å². The fraction of sp³-hybridized carbons (Fsp3) is 0.316. The van der Waals surface area contributed by atoms with Crippen LogP contribution in [-0.2, 0) is 21.2 Å². The van der Waals surface area contributed by atoms with E-state index in [0.29, 0.717) is 18.0 Å². The van der Waals surface area contributed by atoms with Crippen molar-refractivity contribution in [1.29, 1.82) is 0 Å². The Morgan fingerprint density at radius 1 is 1.07 bits per heavy atom. The number of amides is 1. The maximum absolute atomic E-state index is 12.9. The third-order valence-electron chi connectivity index (χ3n) is 3.98. The first-order valence-electron chi connectivity index (χ1n) is 8.49. The van der Waals surface area contributed by atoms with Crippen LogP contribution < -0.4 is 10.0 Å². The Morgan fingerprint density at radius 3 is 2.22 bits per heavy atom. The molecule has 0 saturated carbocycles. The molecule has 0 aromatic heterocycles. The molecule has 0 aliphatic carbocycles. The maximum Gasteiger partial charge on any atom is 0.241 e. The van der Waals surface area contributed by atoms with Crippen LogP contribution in [0.15, 0.2) is 53.4 Å². The van der Waals surface area contributed by atoms with Gasteiger partial charge in [0.05, 0.1) is 4.90 Å². The van der Waals surface area contributed by atoms with E-state index in [1.165, 1.54) is 36.4 Å². The topological polar surface area (TPSA) is 75.3 Å². The highest BCUT2D eigenvalue weighted by atomic mass is 35.5. The lowest BCUT2D eigenvalue weighted by atomic mass is 10.0. The number of carbonyl (C=O) groups excluding carboxylic acids is 1. The SMILES string of the molecule is CC(C)[C@H](NS(=O)(=O)c1ccc(Cl)cc1)C(=O)NCCc1ccc(F)cc1. The van der Waals surface area contributed by atoms with E-state index in [1.807, 2.05) is 0 Å². The number of hydrogen-bond donors (Lipinski definition) is 2. The quantitative estimate of drug-likeness (QED) is 0.699. The van der Waals surface area contributed by atoms with Gasteiger partial charge >= 0.3 is 0 Å². The molecule has 0 aliphatic heterocycles. The average Bonchev–Trinajstić information content (AvgIpc) is 2.61. The molecular weight excluding hydrogens is 391 g/mol. The molecule has 8 heteroatoms. The minimum Gasteiger partial charge on any atom is -0.354 e. The molecule has 27 heavy (non-hydrogen) atoms. The Hall–Kier alpha value is -1.96. The summed E-state index contributed by atoms with van der Waals surface area (Å²) in [6.45, 7) is 3.83. The average molecular weight is 413 g/mol. The Morgan fingerprint density at radius 2 is 1.67 bits per heavy atom. The first-order chi connectivity index (χ1) is 12.7. The van der Waals surface area contributed by atoms with Crippen LogP contribution in [0, 0.1) is 11.7 Å². The minimum absolute atomic E-state index is 0.0386. The summed E-state index contributed by atoms with van der Waals surface area (Å²) >= 11 is 5.78. The van der Waals surface area contributed by atoms with Crippen molar-refractivity contribution in [2.75, 3.05) is 6.54 Å². The Bertz CT molecular complexity index is 869. The molecule has 1 amide bonds. The number of nitrogens with one attached hydrogen (secondary N) is 2. The van der Waals surface area contributed by atoms with Gasteiger partial charge in [-0.3, -0.25) is 4.79 Å². The molecule has 5 nitrogen and oxygen atoms in total. The zero-order valence-corrected chi connectivity index (χ0v) is 16.6. The van der Waals surface area contributed by atoms with Gasteiger partial charge in [0.15, 0.2) is 0 Å². The lowest BCUT2D eigenvalue weighted by Gasteiger charge is -2.21. The summed E-state index contributed by atoms with van der Waals surface area (Å²) in [5.41, 5.74) is 0.875. The smallest absolute Gasteiger partial charge is 0.241 e. The van der Waals surface area contributed by atoms with E-state index in [1.54, 1.807) is 26.0 Å². The summed E-state index contributed by atoms with van der Waals surface area (Å²) in [4.78, 5) is 12.5. The van der Waals surface area contributed by atoms with Crippen LogP contribution in [0.5, 0.6) is 0 Å². The second-order valence-electron chi connectivity index (χ2n) is 6.46. The Kier molecular flexibility index (Phi) is 7.35. The second kappa shape index (κ2) is 9.30. The van der Waals surface area contributed by atoms with Crippen molar-refractivity contribution in [1.82, 2.24) is 10.0 Å². The number of rotatable bonds is 8. The molecule has 2 N–H and O–H groups in total. The van der Waals surface area contributed by atoms with Gasteiger partial charge in [-0.1, -0.05) is 37.6 Å². The maximum atomic E-state index is 12.9.